The molecule has 20 heavy (non-hydrogen) atoms. The molecular weight excluding hydrogens is 277 g/mol. The van der Waals surface area contributed by atoms with Crippen molar-refractivity contribution in [1.29, 1.82) is 0 Å². The second-order valence-electron chi connectivity index (χ2n) is 4.65. The summed E-state index contributed by atoms with van der Waals surface area (Å²) in [5.74, 6) is -0.875. The molecule has 0 aliphatic heterocycles. The van der Waals surface area contributed by atoms with Gasteiger partial charge in [0.2, 0.25) is 0 Å². The van der Waals surface area contributed by atoms with Gasteiger partial charge < -0.3 is 5.32 Å². The lowest BCUT2D eigenvalue weighted by molar-refractivity contribution is 0.0947. The Kier molecular flexibility index (Phi) is 4.74. The maximum Gasteiger partial charge on any atom is 0.254 e. The van der Waals surface area contributed by atoms with Gasteiger partial charge in [0, 0.05) is 11.6 Å². The Labute approximate surface area is 122 Å². The number of rotatable bonds is 4. The van der Waals surface area contributed by atoms with Crippen LogP contribution in [0.5, 0.6) is 0 Å². The first-order valence-electron chi connectivity index (χ1n) is 6.36. The highest BCUT2D eigenvalue weighted by atomic mass is 35.5. The zero-order valence-electron chi connectivity index (χ0n) is 11.1. The van der Waals surface area contributed by atoms with Crippen molar-refractivity contribution in [1.82, 2.24) is 5.32 Å². The number of carbonyl (C=O) groups is 1. The van der Waals surface area contributed by atoms with Crippen LogP contribution in [0.1, 0.15) is 28.8 Å². The van der Waals surface area contributed by atoms with Crippen molar-refractivity contribution in [3.05, 3.63) is 70.5 Å². The summed E-state index contributed by atoms with van der Waals surface area (Å²) in [6.45, 7) is 2.46. The quantitative estimate of drug-likeness (QED) is 0.906. The molecule has 2 rings (SSSR count). The molecule has 0 fully saturated rings. The number of hydrogen-bond acceptors (Lipinski definition) is 1. The minimum absolute atomic E-state index is 0.00895. The van der Waals surface area contributed by atoms with Gasteiger partial charge in [-0.3, -0.25) is 4.79 Å². The van der Waals surface area contributed by atoms with E-state index in [1.54, 1.807) is 0 Å². The Morgan fingerprint density at radius 3 is 2.60 bits per heavy atom. The fourth-order valence-electron chi connectivity index (χ4n) is 1.91. The van der Waals surface area contributed by atoms with E-state index in [0.29, 0.717) is 6.54 Å². The second kappa shape index (κ2) is 6.53. The van der Waals surface area contributed by atoms with Crippen LogP contribution in [0.3, 0.4) is 0 Å². The predicted octanol–water partition coefficient (Wildman–Crippen LogP) is 4.01. The van der Waals surface area contributed by atoms with Gasteiger partial charge in [-0.25, -0.2) is 4.39 Å². The molecule has 0 saturated heterocycles. The van der Waals surface area contributed by atoms with Crippen LogP contribution in [0.15, 0.2) is 48.5 Å². The van der Waals surface area contributed by atoms with Gasteiger partial charge in [0.1, 0.15) is 5.82 Å². The van der Waals surface area contributed by atoms with Crippen molar-refractivity contribution in [2.75, 3.05) is 6.54 Å². The number of halogens is 2. The third kappa shape index (κ3) is 3.58. The summed E-state index contributed by atoms with van der Waals surface area (Å²) >= 11 is 5.66. The van der Waals surface area contributed by atoms with Gasteiger partial charge in [-0.2, -0.15) is 0 Å². The van der Waals surface area contributed by atoms with Crippen LogP contribution in [-0.4, -0.2) is 12.5 Å². The van der Waals surface area contributed by atoms with E-state index in [9.17, 15) is 9.18 Å². The Morgan fingerprint density at radius 2 is 1.95 bits per heavy atom. The van der Waals surface area contributed by atoms with Crippen molar-refractivity contribution in [3.8, 4) is 0 Å². The van der Waals surface area contributed by atoms with Crippen LogP contribution in [0.4, 0.5) is 4.39 Å². The van der Waals surface area contributed by atoms with Gasteiger partial charge in [-0.1, -0.05) is 48.9 Å². The van der Waals surface area contributed by atoms with E-state index in [-0.39, 0.29) is 16.5 Å². The Morgan fingerprint density at radius 1 is 1.25 bits per heavy atom. The summed E-state index contributed by atoms with van der Waals surface area (Å²) in [6, 6.07) is 13.9. The largest absolute Gasteiger partial charge is 0.351 e. The lowest BCUT2D eigenvalue weighted by atomic mass is 10.0. The third-order valence-corrected chi connectivity index (χ3v) is 3.35. The topological polar surface area (TPSA) is 29.1 Å². The molecule has 1 amide bonds. The first-order chi connectivity index (χ1) is 9.58. The van der Waals surface area contributed by atoms with Crippen LogP contribution in [-0.2, 0) is 0 Å². The van der Waals surface area contributed by atoms with E-state index in [4.69, 9.17) is 11.6 Å². The fourth-order valence-corrected chi connectivity index (χ4v) is 2.07. The van der Waals surface area contributed by atoms with Gasteiger partial charge in [-0.05, 0) is 29.7 Å². The highest BCUT2D eigenvalue weighted by molar-refractivity contribution is 6.30. The number of hydrogen-bond donors (Lipinski definition) is 1. The molecule has 0 heterocycles. The summed E-state index contributed by atoms with van der Waals surface area (Å²) in [5.41, 5.74) is 1.14. The summed E-state index contributed by atoms with van der Waals surface area (Å²) in [5, 5.41) is 3.01. The van der Waals surface area contributed by atoms with Crippen molar-refractivity contribution >= 4 is 17.5 Å². The molecule has 0 aliphatic rings. The van der Waals surface area contributed by atoms with Crippen molar-refractivity contribution in [2.24, 2.45) is 0 Å². The normalized spacial score (nSPS) is 11.9. The zero-order valence-corrected chi connectivity index (χ0v) is 11.8. The minimum Gasteiger partial charge on any atom is -0.351 e. The summed E-state index contributed by atoms with van der Waals surface area (Å²) in [6.07, 6.45) is 0. The van der Waals surface area contributed by atoms with Crippen LogP contribution < -0.4 is 5.32 Å². The average Bonchev–Trinajstić information content (AvgIpc) is 2.45. The molecule has 1 atom stereocenters. The Bertz CT molecular complexity index is 601. The standard InChI is InChI=1S/C16H15ClFNO/c1-11(12-5-3-2-4-6-12)10-19-16(20)14-8-7-13(17)9-15(14)18/h2-9,11H,10H2,1H3,(H,19,20)/t11-/m0/s1. The SMILES string of the molecule is C[C@@H](CNC(=O)c1ccc(Cl)cc1F)c1ccccc1. The first-order valence-corrected chi connectivity index (χ1v) is 6.74. The number of nitrogens with one attached hydrogen (secondary N) is 1. The first kappa shape index (κ1) is 14.5. The maximum atomic E-state index is 13.6. The van der Waals surface area contributed by atoms with Gasteiger partial charge in [0.15, 0.2) is 0 Å². The molecule has 0 bridgehead atoms. The van der Waals surface area contributed by atoms with Crippen LogP contribution in [0.2, 0.25) is 5.02 Å². The van der Waals surface area contributed by atoms with Gasteiger partial charge >= 0.3 is 0 Å². The second-order valence-corrected chi connectivity index (χ2v) is 5.08. The van der Waals surface area contributed by atoms with Crippen LogP contribution >= 0.6 is 11.6 Å². The van der Waals surface area contributed by atoms with E-state index in [1.807, 2.05) is 37.3 Å². The molecule has 2 aromatic rings. The Hall–Kier alpha value is -1.87. The molecule has 104 valence electrons. The number of amides is 1. The molecule has 2 aromatic carbocycles. The highest BCUT2D eigenvalue weighted by Crippen LogP contribution is 2.16. The molecular formula is C16H15ClFNO. The molecule has 0 saturated carbocycles. The van der Waals surface area contributed by atoms with Crippen molar-refractivity contribution in [3.63, 3.8) is 0 Å². The monoisotopic (exact) mass is 291 g/mol. The third-order valence-electron chi connectivity index (χ3n) is 3.11. The smallest absolute Gasteiger partial charge is 0.254 e. The maximum absolute atomic E-state index is 13.6. The molecule has 0 radical (unpaired) electrons. The molecule has 0 spiro atoms. The van der Waals surface area contributed by atoms with Gasteiger partial charge in [0.25, 0.3) is 5.91 Å². The van der Waals surface area contributed by atoms with Crippen molar-refractivity contribution < 1.29 is 9.18 Å². The Balaban J connectivity index is 1.99. The van der Waals surface area contributed by atoms with Crippen LogP contribution in [0, 0.1) is 5.82 Å². The summed E-state index contributed by atoms with van der Waals surface area (Å²) in [7, 11) is 0. The number of benzene rings is 2. The molecule has 0 aromatic heterocycles. The molecule has 2 nitrogen and oxygen atoms in total. The number of carbonyl (C=O) groups excluding carboxylic acids is 1. The zero-order chi connectivity index (χ0) is 14.5. The molecule has 0 unspecified atom stereocenters. The predicted molar refractivity (Wildman–Crippen MR) is 78.6 cm³/mol. The van der Waals surface area contributed by atoms with E-state index in [0.717, 1.165) is 11.6 Å². The molecule has 4 heteroatoms. The van der Waals surface area contributed by atoms with Gasteiger partial charge in [-0.15, -0.1) is 0 Å². The highest BCUT2D eigenvalue weighted by Gasteiger charge is 2.13. The van der Waals surface area contributed by atoms with Crippen molar-refractivity contribution in [2.45, 2.75) is 12.8 Å². The minimum atomic E-state index is -0.609. The van der Waals surface area contributed by atoms with E-state index in [1.165, 1.54) is 12.1 Å². The average molecular weight is 292 g/mol. The van der Waals surface area contributed by atoms with E-state index in [2.05, 4.69) is 5.32 Å². The lowest BCUT2D eigenvalue weighted by Gasteiger charge is -2.13. The summed E-state index contributed by atoms with van der Waals surface area (Å²) in [4.78, 5) is 11.9. The lowest BCUT2D eigenvalue weighted by Crippen LogP contribution is -2.28. The molecule has 1 N–H and O–H groups in total. The fraction of sp³-hybridized carbons (Fsp3) is 0.188. The summed E-state index contributed by atoms with van der Waals surface area (Å²) < 4.78 is 13.6. The van der Waals surface area contributed by atoms with Gasteiger partial charge in [0.05, 0.1) is 5.56 Å². The van der Waals surface area contributed by atoms with Crippen LogP contribution in [0.25, 0.3) is 0 Å². The molecule has 0 aliphatic carbocycles. The van der Waals surface area contributed by atoms with E-state index < -0.39 is 11.7 Å². The van der Waals surface area contributed by atoms with E-state index >= 15 is 0 Å².